The highest BCUT2D eigenvalue weighted by Gasteiger charge is 2.29. The van der Waals surface area contributed by atoms with Gasteiger partial charge in [0.2, 0.25) is 0 Å². The first-order valence-electron chi connectivity index (χ1n) is 8.55. The molecule has 0 aliphatic carbocycles. The van der Waals surface area contributed by atoms with E-state index in [4.69, 9.17) is 4.74 Å². The van der Waals surface area contributed by atoms with Crippen LogP contribution in [0.3, 0.4) is 0 Å². The van der Waals surface area contributed by atoms with Gasteiger partial charge in [-0.25, -0.2) is 4.79 Å². The van der Waals surface area contributed by atoms with Crippen LogP contribution < -0.4 is 15.0 Å². The normalized spacial score (nSPS) is 16.3. The molecule has 1 atom stereocenters. The van der Waals surface area contributed by atoms with Crippen LogP contribution in [0.5, 0.6) is 5.75 Å². The van der Waals surface area contributed by atoms with Crippen molar-refractivity contribution in [2.24, 2.45) is 0 Å². The van der Waals surface area contributed by atoms with E-state index in [-0.39, 0.29) is 12.1 Å². The zero-order valence-corrected chi connectivity index (χ0v) is 14.5. The third kappa shape index (κ3) is 3.37. The maximum absolute atomic E-state index is 12.8. The summed E-state index contributed by atoms with van der Waals surface area (Å²) in [4.78, 5) is 14.6. The molecule has 0 saturated heterocycles. The summed E-state index contributed by atoms with van der Waals surface area (Å²) in [7, 11) is 0. The Balaban J connectivity index is 1.84. The first kappa shape index (κ1) is 16.4. The molecule has 0 spiro atoms. The van der Waals surface area contributed by atoms with Crippen molar-refractivity contribution in [2.45, 2.75) is 39.7 Å². The van der Waals surface area contributed by atoms with E-state index >= 15 is 0 Å². The number of hydrogen-bond donors (Lipinski definition) is 1. The number of fused-ring (bicyclic) bond motifs is 1. The van der Waals surface area contributed by atoms with Gasteiger partial charge in [-0.2, -0.15) is 0 Å². The van der Waals surface area contributed by atoms with Crippen molar-refractivity contribution in [1.29, 1.82) is 0 Å². The van der Waals surface area contributed by atoms with Crippen LogP contribution in [0.4, 0.5) is 16.2 Å². The largest absolute Gasteiger partial charge is 0.486 e. The number of carbonyl (C=O) groups excluding carboxylic acids is 1. The monoisotopic (exact) mass is 324 g/mol. The Morgan fingerprint density at radius 2 is 1.96 bits per heavy atom. The van der Waals surface area contributed by atoms with Gasteiger partial charge in [-0.1, -0.05) is 32.0 Å². The fraction of sp³-hybridized carbons (Fsp3) is 0.350. The molecule has 126 valence electrons. The maximum atomic E-state index is 12.8. The minimum atomic E-state index is -0.118. The second-order valence-corrected chi connectivity index (χ2v) is 6.21. The standard InChI is InChI=1S/C20H24N2O2/c1-4-15-7-9-16(10-8-15)21-20(23)22-13-17(5-2)24-19-11-6-14(3)12-18(19)22/h6-12,17H,4-5,13H2,1-3H3,(H,21,23)/t17-/m0/s1. The van der Waals surface area contributed by atoms with Gasteiger partial charge in [-0.15, -0.1) is 0 Å². The number of amides is 2. The SMILES string of the molecule is CCc1ccc(NC(=O)N2C[C@H](CC)Oc3ccc(C)cc32)cc1. The zero-order chi connectivity index (χ0) is 17.1. The topological polar surface area (TPSA) is 41.6 Å². The summed E-state index contributed by atoms with van der Waals surface area (Å²) in [6.07, 6.45) is 1.87. The number of urea groups is 1. The average Bonchev–Trinajstić information content (AvgIpc) is 2.61. The number of aryl methyl sites for hydroxylation is 2. The van der Waals surface area contributed by atoms with Gasteiger partial charge >= 0.3 is 6.03 Å². The number of ether oxygens (including phenoxy) is 1. The molecule has 24 heavy (non-hydrogen) atoms. The summed E-state index contributed by atoms with van der Waals surface area (Å²) >= 11 is 0. The molecule has 0 saturated carbocycles. The molecule has 4 heteroatoms. The highest BCUT2D eigenvalue weighted by atomic mass is 16.5. The number of carbonyl (C=O) groups is 1. The van der Waals surface area contributed by atoms with Gasteiger partial charge in [-0.05, 0) is 55.2 Å². The zero-order valence-electron chi connectivity index (χ0n) is 14.5. The summed E-state index contributed by atoms with van der Waals surface area (Å²) < 4.78 is 5.98. The van der Waals surface area contributed by atoms with Crippen molar-refractivity contribution in [2.75, 3.05) is 16.8 Å². The Morgan fingerprint density at radius 3 is 2.62 bits per heavy atom. The summed E-state index contributed by atoms with van der Waals surface area (Å²) in [6.45, 7) is 6.77. The molecule has 2 aromatic rings. The van der Waals surface area contributed by atoms with Crippen LogP contribution in [0.25, 0.3) is 0 Å². The van der Waals surface area contributed by atoms with Crippen molar-refractivity contribution in [3.8, 4) is 5.75 Å². The highest BCUT2D eigenvalue weighted by Crippen LogP contribution is 2.35. The van der Waals surface area contributed by atoms with Crippen molar-refractivity contribution in [3.05, 3.63) is 53.6 Å². The number of anilines is 2. The van der Waals surface area contributed by atoms with E-state index in [1.807, 2.05) is 49.4 Å². The van der Waals surface area contributed by atoms with Crippen LogP contribution >= 0.6 is 0 Å². The van der Waals surface area contributed by atoms with Gasteiger partial charge in [0.1, 0.15) is 11.9 Å². The fourth-order valence-electron chi connectivity index (χ4n) is 2.88. The van der Waals surface area contributed by atoms with E-state index in [9.17, 15) is 4.79 Å². The molecule has 4 nitrogen and oxygen atoms in total. The van der Waals surface area contributed by atoms with Gasteiger partial charge in [0.15, 0.2) is 0 Å². The molecule has 0 bridgehead atoms. The Morgan fingerprint density at radius 1 is 1.21 bits per heavy atom. The molecule has 1 heterocycles. The molecule has 0 fully saturated rings. The Bertz CT molecular complexity index is 725. The van der Waals surface area contributed by atoms with E-state index in [0.29, 0.717) is 6.54 Å². The maximum Gasteiger partial charge on any atom is 0.326 e. The van der Waals surface area contributed by atoms with Crippen molar-refractivity contribution in [3.63, 3.8) is 0 Å². The van der Waals surface area contributed by atoms with E-state index in [1.165, 1.54) is 5.56 Å². The van der Waals surface area contributed by atoms with E-state index < -0.39 is 0 Å². The van der Waals surface area contributed by atoms with Gasteiger partial charge in [0, 0.05) is 5.69 Å². The van der Waals surface area contributed by atoms with E-state index in [2.05, 4.69) is 19.2 Å². The van der Waals surface area contributed by atoms with Crippen molar-refractivity contribution in [1.82, 2.24) is 0 Å². The molecular weight excluding hydrogens is 300 g/mol. The lowest BCUT2D eigenvalue weighted by atomic mass is 10.1. The summed E-state index contributed by atoms with van der Waals surface area (Å²) in [6, 6.07) is 13.8. The minimum Gasteiger partial charge on any atom is -0.486 e. The second kappa shape index (κ2) is 6.95. The number of hydrogen-bond acceptors (Lipinski definition) is 2. The highest BCUT2D eigenvalue weighted by molar-refractivity contribution is 6.03. The third-order valence-corrected chi connectivity index (χ3v) is 4.40. The molecule has 0 aromatic heterocycles. The molecule has 1 aliphatic heterocycles. The molecule has 1 N–H and O–H groups in total. The lowest BCUT2D eigenvalue weighted by molar-refractivity contribution is 0.188. The fourth-order valence-corrected chi connectivity index (χ4v) is 2.88. The number of benzene rings is 2. The Hall–Kier alpha value is -2.49. The molecular formula is C20H24N2O2. The van der Waals surface area contributed by atoms with Gasteiger partial charge < -0.3 is 10.1 Å². The molecule has 2 amide bonds. The predicted octanol–water partition coefficient (Wildman–Crippen LogP) is 4.77. The van der Waals surface area contributed by atoms with E-state index in [1.54, 1.807) is 4.90 Å². The van der Waals surface area contributed by atoms with Crippen LogP contribution in [0.1, 0.15) is 31.4 Å². The van der Waals surface area contributed by atoms with Gasteiger partial charge in [0.05, 0.1) is 12.2 Å². The summed E-state index contributed by atoms with van der Waals surface area (Å²) in [5.41, 5.74) is 4.01. The predicted molar refractivity (Wildman–Crippen MR) is 98.1 cm³/mol. The van der Waals surface area contributed by atoms with Crippen molar-refractivity contribution >= 4 is 17.4 Å². The third-order valence-electron chi connectivity index (χ3n) is 4.40. The van der Waals surface area contributed by atoms with Crippen LogP contribution in [-0.2, 0) is 6.42 Å². The number of nitrogens with one attached hydrogen (secondary N) is 1. The van der Waals surface area contributed by atoms with Gasteiger partial charge in [-0.3, -0.25) is 4.90 Å². The molecule has 3 rings (SSSR count). The van der Waals surface area contributed by atoms with Gasteiger partial charge in [0.25, 0.3) is 0 Å². The number of rotatable bonds is 3. The average molecular weight is 324 g/mol. The van der Waals surface area contributed by atoms with Crippen LogP contribution in [-0.4, -0.2) is 18.7 Å². The van der Waals surface area contributed by atoms with Crippen molar-refractivity contribution < 1.29 is 9.53 Å². The summed E-state index contributed by atoms with van der Waals surface area (Å²) in [5.74, 6) is 0.773. The van der Waals surface area contributed by atoms with Crippen LogP contribution in [0.15, 0.2) is 42.5 Å². The van der Waals surface area contributed by atoms with Crippen LogP contribution in [0.2, 0.25) is 0 Å². The molecule has 0 radical (unpaired) electrons. The smallest absolute Gasteiger partial charge is 0.326 e. The lowest BCUT2D eigenvalue weighted by Crippen LogP contribution is -2.45. The second-order valence-electron chi connectivity index (χ2n) is 6.21. The molecule has 0 unspecified atom stereocenters. The molecule has 1 aliphatic rings. The quantitative estimate of drug-likeness (QED) is 0.884. The lowest BCUT2D eigenvalue weighted by Gasteiger charge is -2.34. The van der Waals surface area contributed by atoms with E-state index in [0.717, 1.165) is 35.5 Å². The minimum absolute atomic E-state index is 0.0217. The first-order chi connectivity index (χ1) is 11.6. The Labute approximate surface area is 143 Å². The van der Waals surface area contributed by atoms with Crippen LogP contribution in [0, 0.1) is 6.92 Å². The Kier molecular flexibility index (Phi) is 4.74. The first-order valence-corrected chi connectivity index (χ1v) is 8.55. The molecule has 2 aromatic carbocycles. The summed E-state index contributed by atoms with van der Waals surface area (Å²) in [5, 5.41) is 3.00. The number of nitrogens with zero attached hydrogens (tertiary/aromatic N) is 1.